The molecule has 0 bridgehead atoms. The van der Waals surface area contributed by atoms with Gasteiger partial charge in [-0.2, -0.15) is 0 Å². The summed E-state index contributed by atoms with van der Waals surface area (Å²) in [5.74, 6) is 0. The van der Waals surface area contributed by atoms with Crippen molar-refractivity contribution in [1.29, 1.82) is 0 Å². The lowest BCUT2D eigenvalue weighted by molar-refractivity contribution is -0.0102. The van der Waals surface area contributed by atoms with E-state index in [4.69, 9.17) is 9.47 Å². The fourth-order valence-corrected chi connectivity index (χ4v) is 1.67. The minimum absolute atomic E-state index is 0.0570. The molecule has 0 saturated heterocycles. The summed E-state index contributed by atoms with van der Waals surface area (Å²) in [5, 5.41) is 3.50. The van der Waals surface area contributed by atoms with E-state index in [9.17, 15) is 0 Å². The molecule has 18 heavy (non-hydrogen) atoms. The Kier molecular flexibility index (Phi) is 10.7. The highest BCUT2D eigenvalue weighted by molar-refractivity contribution is 4.66. The predicted molar refractivity (Wildman–Crippen MR) is 78.1 cm³/mol. The van der Waals surface area contributed by atoms with Gasteiger partial charge in [0, 0.05) is 26.4 Å². The van der Waals surface area contributed by atoms with Crippen molar-refractivity contribution in [3.8, 4) is 0 Å². The van der Waals surface area contributed by atoms with Crippen molar-refractivity contribution in [3.05, 3.63) is 0 Å². The maximum atomic E-state index is 5.63. The average Bonchev–Trinajstić information content (AvgIpc) is 2.35. The van der Waals surface area contributed by atoms with Crippen LogP contribution in [-0.4, -0.2) is 38.5 Å². The molecule has 0 amide bonds. The molecule has 0 aliphatic rings. The van der Waals surface area contributed by atoms with E-state index in [1.165, 1.54) is 19.3 Å². The van der Waals surface area contributed by atoms with E-state index in [0.29, 0.717) is 6.04 Å². The van der Waals surface area contributed by atoms with Crippen LogP contribution in [0.5, 0.6) is 0 Å². The Morgan fingerprint density at radius 2 is 1.89 bits per heavy atom. The highest BCUT2D eigenvalue weighted by atomic mass is 16.5. The predicted octanol–water partition coefficient (Wildman–Crippen LogP) is 3.38. The molecule has 0 aromatic rings. The highest BCUT2D eigenvalue weighted by Gasteiger charge is 2.15. The zero-order chi connectivity index (χ0) is 13.9. The summed E-state index contributed by atoms with van der Waals surface area (Å²) < 4.78 is 11.0. The third kappa shape index (κ3) is 11.0. The molecule has 0 aliphatic heterocycles. The normalized spacial score (nSPS) is 13.8. The van der Waals surface area contributed by atoms with Crippen molar-refractivity contribution >= 4 is 0 Å². The summed E-state index contributed by atoms with van der Waals surface area (Å²) >= 11 is 0. The van der Waals surface area contributed by atoms with Crippen LogP contribution in [0.1, 0.15) is 59.8 Å². The van der Waals surface area contributed by atoms with Crippen LogP contribution in [0.15, 0.2) is 0 Å². The first-order chi connectivity index (χ1) is 8.52. The molecule has 1 N–H and O–H groups in total. The molecule has 0 fully saturated rings. The number of rotatable bonds is 12. The fraction of sp³-hybridized carbons (Fsp3) is 1.00. The molecule has 0 spiro atoms. The molecular weight excluding hydrogens is 226 g/mol. The van der Waals surface area contributed by atoms with Gasteiger partial charge >= 0.3 is 0 Å². The van der Waals surface area contributed by atoms with Gasteiger partial charge in [0.1, 0.15) is 0 Å². The van der Waals surface area contributed by atoms with Gasteiger partial charge in [0.15, 0.2) is 0 Å². The SMILES string of the molecule is CCCNC(C)CCCCOCCC(C)(C)OC. The number of hydrogen-bond donors (Lipinski definition) is 1. The topological polar surface area (TPSA) is 30.5 Å². The standard InChI is InChI=1S/C15H33NO2/c1-6-11-16-14(2)9-7-8-12-18-13-10-15(3,4)17-5/h14,16H,6-13H2,1-5H3. The van der Waals surface area contributed by atoms with Crippen LogP contribution >= 0.6 is 0 Å². The number of nitrogens with one attached hydrogen (secondary N) is 1. The molecule has 0 radical (unpaired) electrons. The number of ether oxygens (including phenoxy) is 2. The Labute approximate surface area is 114 Å². The number of methoxy groups -OCH3 is 1. The largest absolute Gasteiger partial charge is 0.381 e. The zero-order valence-electron chi connectivity index (χ0n) is 13.1. The first-order valence-corrected chi connectivity index (χ1v) is 7.38. The van der Waals surface area contributed by atoms with E-state index in [0.717, 1.165) is 32.6 Å². The molecule has 0 aromatic heterocycles. The average molecular weight is 259 g/mol. The summed E-state index contributed by atoms with van der Waals surface area (Å²) in [6, 6.07) is 0.636. The van der Waals surface area contributed by atoms with Crippen LogP contribution < -0.4 is 5.32 Å². The van der Waals surface area contributed by atoms with Crippen molar-refractivity contribution < 1.29 is 9.47 Å². The van der Waals surface area contributed by atoms with E-state index in [2.05, 4.69) is 33.0 Å². The smallest absolute Gasteiger partial charge is 0.0644 e. The Morgan fingerprint density at radius 1 is 1.17 bits per heavy atom. The van der Waals surface area contributed by atoms with E-state index in [-0.39, 0.29) is 5.60 Å². The summed E-state index contributed by atoms with van der Waals surface area (Å²) in [6.45, 7) is 11.5. The van der Waals surface area contributed by atoms with E-state index in [1.807, 2.05) is 0 Å². The molecule has 110 valence electrons. The van der Waals surface area contributed by atoms with E-state index in [1.54, 1.807) is 7.11 Å². The Hall–Kier alpha value is -0.120. The van der Waals surface area contributed by atoms with Crippen LogP contribution in [0, 0.1) is 0 Å². The molecule has 0 heterocycles. The maximum absolute atomic E-state index is 5.63. The van der Waals surface area contributed by atoms with Crippen LogP contribution in [-0.2, 0) is 9.47 Å². The van der Waals surface area contributed by atoms with Crippen molar-refractivity contribution in [3.63, 3.8) is 0 Å². The van der Waals surface area contributed by atoms with Gasteiger partial charge in [0.2, 0.25) is 0 Å². The Morgan fingerprint density at radius 3 is 2.50 bits per heavy atom. The summed E-state index contributed by atoms with van der Waals surface area (Å²) in [5.41, 5.74) is -0.0570. The first kappa shape index (κ1) is 17.9. The second-order valence-electron chi connectivity index (χ2n) is 5.68. The molecule has 0 aliphatic carbocycles. The third-order valence-electron chi connectivity index (χ3n) is 3.32. The van der Waals surface area contributed by atoms with Crippen LogP contribution in [0.25, 0.3) is 0 Å². The molecule has 0 aromatic carbocycles. The summed E-state index contributed by atoms with van der Waals surface area (Å²) in [4.78, 5) is 0. The van der Waals surface area contributed by atoms with Gasteiger partial charge in [-0.3, -0.25) is 0 Å². The van der Waals surface area contributed by atoms with Gasteiger partial charge in [0.05, 0.1) is 5.60 Å². The number of hydrogen-bond acceptors (Lipinski definition) is 3. The van der Waals surface area contributed by atoms with Crippen LogP contribution in [0.3, 0.4) is 0 Å². The summed E-state index contributed by atoms with van der Waals surface area (Å²) in [7, 11) is 1.75. The van der Waals surface area contributed by atoms with E-state index < -0.39 is 0 Å². The minimum Gasteiger partial charge on any atom is -0.381 e. The third-order valence-corrected chi connectivity index (χ3v) is 3.32. The maximum Gasteiger partial charge on any atom is 0.0644 e. The second-order valence-corrected chi connectivity index (χ2v) is 5.68. The Bertz CT molecular complexity index is 183. The number of unbranched alkanes of at least 4 members (excludes halogenated alkanes) is 1. The van der Waals surface area contributed by atoms with Gasteiger partial charge < -0.3 is 14.8 Å². The lowest BCUT2D eigenvalue weighted by Crippen LogP contribution is -2.26. The van der Waals surface area contributed by atoms with E-state index >= 15 is 0 Å². The van der Waals surface area contributed by atoms with Crippen molar-refractivity contribution in [2.45, 2.75) is 71.4 Å². The second kappa shape index (κ2) is 10.8. The molecule has 3 nitrogen and oxygen atoms in total. The monoisotopic (exact) mass is 259 g/mol. The van der Waals surface area contributed by atoms with Crippen molar-refractivity contribution in [2.24, 2.45) is 0 Å². The van der Waals surface area contributed by atoms with Gasteiger partial charge in [0.25, 0.3) is 0 Å². The Balaban J connectivity index is 3.26. The molecule has 1 atom stereocenters. The zero-order valence-corrected chi connectivity index (χ0v) is 13.1. The van der Waals surface area contributed by atoms with Gasteiger partial charge in [-0.1, -0.05) is 6.92 Å². The van der Waals surface area contributed by atoms with Crippen molar-refractivity contribution in [1.82, 2.24) is 5.32 Å². The van der Waals surface area contributed by atoms with Crippen LogP contribution in [0.2, 0.25) is 0 Å². The fourth-order valence-electron chi connectivity index (χ4n) is 1.67. The minimum atomic E-state index is -0.0570. The molecule has 1 unspecified atom stereocenters. The highest BCUT2D eigenvalue weighted by Crippen LogP contribution is 2.12. The molecule has 3 heteroatoms. The molecule has 0 saturated carbocycles. The first-order valence-electron chi connectivity index (χ1n) is 7.38. The van der Waals surface area contributed by atoms with Crippen LogP contribution in [0.4, 0.5) is 0 Å². The van der Waals surface area contributed by atoms with Gasteiger partial charge in [-0.05, 0) is 59.4 Å². The molecule has 0 rings (SSSR count). The molecular formula is C15H33NO2. The quantitative estimate of drug-likeness (QED) is 0.545. The van der Waals surface area contributed by atoms with Gasteiger partial charge in [-0.25, -0.2) is 0 Å². The summed E-state index contributed by atoms with van der Waals surface area (Å²) in [6.07, 6.45) is 5.81. The lowest BCUT2D eigenvalue weighted by atomic mass is 10.1. The van der Waals surface area contributed by atoms with Gasteiger partial charge in [-0.15, -0.1) is 0 Å². The van der Waals surface area contributed by atoms with Crippen molar-refractivity contribution in [2.75, 3.05) is 26.9 Å². The lowest BCUT2D eigenvalue weighted by Gasteiger charge is -2.22.